The van der Waals surface area contributed by atoms with Crippen LogP contribution in [0.2, 0.25) is 9.36 Å². The molecule has 2 aromatic rings. The molecule has 0 unspecified atom stereocenters. The van der Waals surface area contributed by atoms with E-state index in [1.54, 1.807) is 12.1 Å². The largest absolute Gasteiger partial charge is 0.488 e. The summed E-state index contributed by atoms with van der Waals surface area (Å²) >= 11 is 13.1. The minimum Gasteiger partial charge on any atom is -0.488 e. The topological polar surface area (TPSA) is 9.23 Å². The van der Waals surface area contributed by atoms with E-state index in [1.165, 1.54) is 11.3 Å². The van der Waals surface area contributed by atoms with Gasteiger partial charge < -0.3 is 4.74 Å². The van der Waals surface area contributed by atoms with Gasteiger partial charge in [0.25, 0.3) is 0 Å². The van der Waals surface area contributed by atoms with E-state index < -0.39 is 0 Å². The van der Waals surface area contributed by atoms with E-state index in [9.17, 15) is 0 Å². The van der Waals surface area contributed by atoms with Gasteiger partial charge in [0.05, 0.1) is 4.34 Å². The van der Waals surface area contributed by atoms with Gasteiger partial charge in [-0.05, 0) is 36.4 Å². The van der Waals surface area contributed by atoms with Crippen LogP contribution in [-0.4, -0.2) is 0 Å². The Bertz CT molecular complexity index is 436. The van der Waals surface area contributed by atoms with Crippen LogP contribution in [0.15, 0.2) is 36.4 Å². The van der Waals surface area contributed by atoms with Crippen molar-refractivity contribution in [3.8, 4) is 5.75 Å². The second-order valence-electron chi connectivity index (χ2n) is 2.95. The van der Waals surface area contributed by atoms with Gasteiger partial charge in [0, 0.05) is 9.90 Å². The molecule has 0 N–H and O–H groups in total. The summed E-state index contributed by atoms with van der Waals surface area (Å²) in [6, 6.07) is 11.1. The highest BCUT2D eigenvalue weighted by molar-refractivity contribution is 7.16. The Hall–Kier alpha value is -0.700. The second kappa shape index (κ2) is 4.88. The van der Waals surface area contributed by atoms with E-state index >= 15 is 0 Å². The van der Waals surface area contributed by atoms with Crippen LogP contribution in [-0.2, 0) is 6.61 Å². The van der Waals surface area contributed by atoms with Gasteiger partial charge in [-0.15, -0.1) is 11.3 Å². The summed E-state index contributed by atoms with van der Waals surface area (Å²) in [7, 11) is 0. The molecular weight excluding hydrogens is 251 g/mol. The molecule has 1 nitrogen and oxygen atoms in total. The van der Waals surface area contributed by atoms with Gasteiger partial charge in [-0.1, -0.05) is 23.2 Å². The Morgan fingerprint density at radius 3 is 2.33 bits per heavy atom. The van der Waals surface area contributed by atoms with E-state index in [1.807, 2.05) is 24.3 Å². The summed E-state index contributed by atoms with van der Waals surface area (Å²) in [5.74, 6) is 0.809. The first kappa shape index (κ1) is 10.8. The zero-order valence-electron chi connectivity index (χ0n) is 7.74. The lowest BCUT2D eigenvalue weighted by atomic mass is 10.3. The van der Waals surface area contributed by atoms with Crippen molar-refractivity contribution in [3.63, 3.8) is 0 Å². The molecule has 0 saturated carbocycles. The fourth-order valence-corrected chi connectivity index (χ4v) is 2.24. The van der Waals surface area contributed by atoms with Crippen molar-refractivity contribution in [3.05, 3.63) is 50.6 Å². The standard InChI is InChI=1S/C11H8Cl2OS/c12-8-1-3-9(4-2-8)14-7-10-5-6-11(13)15-10/h1-6H,7H2. The fourth-order valence-electron chi connectivity index (χ4n) is 1.11. The molecule has 78 valence electrons. The summed E-state index contributed by atoms with van der Waals surface area (Å²) in [4.78, 5) is 1.11. The lowest BCUT2D eigenvalue weighted by Crippen LogP contribution is -1.91. The molecular formula is C11H8Cl2OS. The molecule has 1 aromatic heterocycles. The number of hydrogen-bond donors (Lipinski definition) is 0. The van der Waals surface area contributed by atoms with E-state index in [2.05, 4.69) is 0 Å². The summed E-state index contributed by atoms with van der Waals surface area (Å²) in [6.07, 6.45) is 0. The average Bonchev–Trinajstić information content (AvgIpc) is 2.64. The maximum Gasteiger partial charge on any atom is 0.122 e. The molecule has 1 heterocycles. The Morgan fingerprint density at radius 1 is 1.00 bits per heavy atom. The molecule has 0 atom stereocenters. The molecule has 4 heteroatoms. The van der Waals surface area contributed by atoms with E-state index in [4.69, 9.17) is 27.9 Å². The molecule has 0 bridgehead atoms. The first-order chi connectivity index (χ1) is 7.24. The SMILES string of the molecule is Clc1ccc(OCc2ccc(Cl)s2)cc1. The molecule has 0 aliphatic rings. The maximum absolute atomic E-state index is 5.81. The summed E-state index contributed by atoms with van der Waals surface area (Å²) in [5, 5.41) is 0.710. The molecule has 0 spiro atoms. The van der Waals surface area contributed by atoms with Gasteiger partial charge in [0.2, 0.25) is 0 Å². The Labute approximate surface area is 102 Å². The van der Waals surface area contributed by atoms with Crippen LogP contribution in [0.4, 0.5) is 0 Å². The summed E-state index contributed by atoms with van der Waals surface area (Å²) in [5.41, 5.74) is 0. The Balaban J connectivity index is 1.96. The smallest absolute Gasteiger partial charge is 0.122 e. The Morgan fingerprint density at radius 2 is 1.73 bits per heavy atom. The van der Waals surface area contributed by atoms with Gasteiger partial charge >= 0.3 is 0 Å². The predicted octanol–water partition coefficient (Wildman–Crippen LogP) is 4.63. The number of rotatable bonds is 3. The Kier molecular flexibility index (Phi) is 3.52. The number of ether oxygens (including phenoxy) is 1. The second-order valence-corrected chi connectivity index (χ2v) is 5.18. The third-order valence-corrected chi connectivity index (χ3v) is 3.28. The molecule has 15 heavy (non-hydrogen) atoms. The molecule has 0 saturated heterocycles. The van der Waals surface area contributed by atoms with Crippen molar-refractivity contribution in [1.29, 1.82) is 0 Å². The third-order valence-electron chi connectivity index (χ3n) is 1.82. The first-order valence-corrected chi connectivity index (χ1v) is 5.94. The normalized spacial score (nSPS) is 10.3. The minimum atomic E-state index is 0.541. The zero-order chi connectivity index (χ0) is 10.7. The highest BCUT2D eigenvalue weighted by Gasteiger charge is 1.99. The molecule has 0 fully saturated rings. The van der Waals surface area contributed by atoms with Gasteiger partial charge in [-0.2, -0.15) is 0 Å². The van der Waals surface area contributed by atoms with Crippen LogP contribution in [0.1, 0.15) is 4.88 Å². The maximum atomic E-state index is 5.81. The average molecular weight is 259 g/mol. The van der Waals surface area contributed by atoms with E-state index in [-0.39, 0.29) is 0 Å². The van der Waals surface area contributed by atoms with Gasteiger partial charge in [-0.25, -0.2) is 0 Å². The number of halogens is 2. The van der Waals surface area contributed by atoms with Crippen molar-refractivity contribution in [2.75, 3.05) is 0 Å². The van der Waals surface area contributed by atoms with E-state index in [0.717, 1.165) is 15.0 Å². The quantitative estimate of drug-likeness (QED) is 0.780. The van der Waals surface area contributed by atoms with Crippen LogP contribution >= 0.6 is 34.5 Å². The first-order valence-electron chi connectivity index (χ1n) is 4.36. The van der Waals surface area contributed by atoms with Gasteiger partial charge in [0.15, 0.2) is 0 Å². The number of benzene rings is 1. The van der Waals surface area contributed by atoms with Crippen LogP contribution in [0.25, 0.3) is 0 Å². The molecule has 0 radical (unpaired) electrons. The third kappa shape index (κ3) is 3.13. The molecule has 1 aromatic carbocycles. The highest BCUT2D eigenvalue weighted by Crippen LogP contribution is 2.23. The molecule has 2 rings (SSSR count). The van der Waals surface area contributed by atoms with Gasteiger partial charge in [-0.3, -0.25) is 0 Å². The lowest BCUT2D eigenvalue weighted by Gasteiger charge is -2.03. The van der Waals surface area contributed by atoms with Crippen molar-refractivity contribution >= 4 is 34.5 Å². The van der Waals surface area contributed by atoms with Crippen molar-refractivity contribution in [2.24, 2.45) is 0 Å². The van der Waals surface area contributed by atoms with Crippen LogP contribution < -0.4 is 4.74 Å². The zero-order valence-corrected chi connectivity index (χ0v) is 10.1. The molecule has 0 aliphatic heterocycles. The summed E-state index contributed by atoms with van der Waals surface area (Å²) < 4.78 is 6.34. The van der Waals surface area contributed by atoms with Gasteiger partial charge in [0.1, 0.15) is 12.4 Å². The van der Waals surface area contributed by atoms with Crippen LogP contribution in [0.5, 0.6) is 5.75 Å². The monoisotopic (exact) mass is 258 g/mol. The van der Waals surface area contributed by atoms with Crippen molar-refractivity contribution < 1.29 is 4.74 Å². The number of thiophene rings is 1. The van der Waals surface area contributed by atoms with Crippen molar-refractivity contribution in [1.82, 2.24) is 0 Å². The van der Waals surface area contributed by atoms with Crippen LogP contribution in [0, 0.1) is 0 Å². The predicted molar refractivity (Wildman–Crippen MR) is 65.1 cm³/mol. The highest BCUT2D eigenvalue weighted by atomic mass is 35.5. The summed E-state index contributed by atoms with van der Waals surface area (Å²) in [6.45, 7) is 0.541. The molecule has 0 amide bonds. The molecule has 0 aliphatic carbocycles. The fraction of sp³-hybridized carbons (Fsp3) is 0.0909. The lowest BCUT2D eigenvalue weighted by molar-refractivity contribution is 0.310. The van der Waals surface area contributed by atoms with Crippen LogP contribution in [0.3, 0.4) is 0 Å². The van der Waals surface area contributed by atoms with Crippen molar-refractivity contribution in [2.45, 2.75) is 6.61 Å². The minimum absolute atomic E-state index is 0.541. The van der Waals surface area contributed by atoms with E-state index in [0.29, 0.717) is 11.6 Å². The number of hydrogen-bond acceptors (Lipinski definition) is 2.